The lowest BCUT2D eigenvalue weighted by Crippen LogP contribution is -1.93. The van der Waals surface area contributed by atoms with Crippen LogP contribution in [0.4, 0.5) is 4.39 Å². The molecule has 1 N–H and O–H groups in total. The molecule has 0 saturated carbocycles. The van der Waals surface area contributed by atoms with Crippen LogP contribution in [-0.2, 0) is 16.1 Å². The van der Waals surface area contributed by atoms with E-state index in [2.05, 4.69) is 15.9 Å². The molecule has 14 heavy (non-hydrogen) atoms. The Kier molecular flexibility index (Phi) is 3.87. The van der Waals surface area contributed by atoms with Crippen molar-refractivity contribution in [1.29, 1.82) is 0 Å². The molecule has 0 fully saturated rings. The first-order valence-electron chi connectivity index (χ1n) is 4.05. The van der Waals surface area contributed by atoms with Gasteiger partial charge in [-0.3, -0.25) is 4.57 Å². The Labute approximate surface area is 90.7 Å². The van der Waals surface area contributed by atoms with Crippen molar-refractivity contribution < 1.29 is 13.8 Å². The molecule has 0 amide bonds. The molecule has 0 aliphatic rings. The highest BCUT2D eigenvalue weighted by molar-refractivity contribution is 9.08. The highest BCUT2D eigenvalue weighted by atomic mass is 79.9. The van der Waals surface area contributed by atoms with Crippen LogP contribution >= 0.6 is 23.3 Å². The molecule has 0 saturated heterocycles. The van der Waals surface area contributed by atoms with Gasteiger partial charge in [0.15, 0.2) is 0 Å². The van der Waals surface area contributed by atoms with Gasteiger partial charge in [-0.15, -0.1) is 0 Å². The van der Waals surface area contributed by atoms with Crippen LogP contribution in [0.2, 0.25) is 0 Å². The second-order valence-electron chi connectivity index (χ2n) is 3.27. The largest absolute Gasteiger partial charge is 0.344 e. The second-order valence-corrected chi connectivity index (χ2v) is 6.25. The van der Waals surface area contributed by atoms with Crippen molar-refractivity contribution in [3.63, 3.8) is 0 Å². The van der Waals surface area contributed by atoms with E-state index in [0.29, 0.717) is 10.9 Å². The zero-order valence-electron chi connectivity index (χ0n) is 7.70. The van der Waals surface area contributed by atoms with Crippen LogP contribution in [-0.4, -0.2) is 11.6 Å². The third-order valence-electron chi connectivity index (χ3n) is 1.73. The molecule has 0 aliphatic heterocycles. The van der Waals surface area contributed by atoms with Crippen LogP contribution in [0.5, 0.6) is 0 Å². The van der Waals surface area contributed by atoms with Crippen molar-refractivity contribution in [2.45, 2.75) is 11.5 Å². The van der Waals surface area contributed by atoms with Gasteiger partial charge in [-0.1, -0.05) is 28.1 Å². The zero-order chi connectivity index (χ0) is 10.8. The van der Waals surface area contributed by atoms with E-state index in [0.717, 1.165) is 5.56 Å². The lowest BCUT2D eigenvalue weighted by atomic mass is 10.1. The van der Waals surface area contributed by atoms with Crippen LogP contribution in [0.3, 0.4) is 0 Å². The summed E-state index contributed by atoms with van der Waals surface area (Å²) in [4.78, 5) is 9.14. The summed E-state index contributed by atoms with van der Waals surface area (Å²) >= 11 is 3.24. The van der Waals surface area contributed by atoms with E-state index in [-0.39, 0.29) is 6.16 Å². The summed E-state index contributed by atoms with van der Waals surface area (Å²) in [5.41, 5.74) is 1.20. The summed E-state index contributed by atoms with van der Waals surface area (Å²) in [5.74, 6) is -0.425. The van der Waals surface area contributed by atoms with Gasteiger partial charge in [0.05, 0.1) is 6.16 Å². The summed E-state index contributed by atoms with van der Waals surface area (Å²) in [6, 6.07) is 4.57. The standard InChI is InChI=1S/C9H11BrFO2P/c1-14(12,13)6-8-4-7(5-10)2-3-9(8)11/h2-4H,5-6H2,1H3,(H,12,13). The van der Waals surface area contributed by atoms with E-state index >= 15 is 0 Å². The molecular weight excluding hydrogens is 270 g/mol. The van der Waals surface area contributed by atoms with Gasteiger partial charge in [-0.2, -0.15) is 0 Å². The molecule has 1 rings (SSSR count). The van der Waals surface area contributed by atoms with Gasteiger partial charge in [-0.25, -0.2) is 4.39 Å². The van der Waals surface area contributed by atoms with Crippen LogP contribution in [0.1, 0.15) is 11.1 Å². The smallest absolute Gasteiger partial charge is 0.202 e. The number of benzene rings is 1. The van der Waals surface area contributed by atoms with Crippen molar-refractivity contribution in [2.75, 3.05) is 6.66 Å². The third kappa shape index (κ3) is 3.52. The molecule has 2 nitrogen and oxygen atoms in total. The molecule has 0 heterocycles. The Morgan fingerprint density at radius 3 is 2.71 bits per heavy atom. The van der Waals surface area contributed by atoms with E-state index in [1.807, 2.05) is 0 Å². The van der Waals surface area contributed by atoms with Crippen molar-refractivity contribution in [1.82, 2.24) is 0 Å². The Hall–Kier alpha value is -0.180. The fourth-order valence-electron chi connectivity index (χ4n) is 1.15. The predicted molar refractivity (Wildman–Crippen MR) is 58.5 cm³/mol. The van der Waals surface area contributed by atoms with Gasteiger partial charge in [0.1, 0.15) is 5.82 Å². The van der Waals surface area contributed by atoms with Crippen LogP contribution in [0.25, 0.3) is 0 Å². The molecule has 5 heteroatoms. The quantitative estimate of drug-likeness (QED) is 0.682. The average Bonchev–Trinajstić information content (AvgIpc) is 2.06. The van der Waals surface area contributed by atoms with Gasteiger partial charge < -0.3 is 4.89 Å². The first kappa shape index (κ1) is 11.9. The van der Waals surface area contributed by atoms with Gasteiger partial charge in [0.2, 0.25) is 7.37 Å². The molecule has 1 aromatic carbocycles. The summed E-state index contributed by atoms with van der Waals surface area (Å²) in [6.45, 7) is 1.23. The molecule has 0 spiro atoms. The van der Waals surface area contributed by atoms with Crippen molar-refractivity contribution in [3.8, 4) is 0 Å². The lowest BCUT2D eigenvalue weighted by molar-refractivity contribution is 0.482. The first-order valence-corrected chi connectivity index (χ1v) is 7.46. The fraction of sp³-hybridized carbons (Fsp3) is 0.333. The van der Waals surface area contributed by atoms with Crippen molar-refractivity contribution in [3.05, 3.63) is 35.1 Å². The number of halogens is 2. The van der Waals surface area contributed by atoms with Crippen molar-refractivity contribution >= 4 is 23.3 Å². The highest BCUT2D eigenvalue weighted by Gasteiger charge is 2.14. The Morgan fingerprint density at radius 2 is 2.21 bits per heavy atom. The molecule has 1 aromatic rings. The van der Waals surface area contributed by atoms with Crippen LogP contribution < -0.4 is 0 Å². The average molecular weight is 281 g/mol. The normalized spacial score (nSPS) is 15.1. The van der Waals surface area contributed by atoms with Gasteiger partial charge in [0, 0.05) is 12.0 Å². The molecule has 0 aromatic heterocycles. The van der Waals surface area contributed by atoms with Gasteiger partial charge >= 0.3 is 0 Å². The minimum atomic E-state index is -3.20. The molecule has 0 aliphatic carbocycles. The van der Waals surface area contributed by atoms with Crippen LogP contribution in [0, 0.1) is 5.82 Å². The third-order valence-corrected chi connectivity index (χ3v) is 3.30. The lowest BCUT2D eigenvalue weighted by Gasteiger charge is -2.07. The van der Waals surface area contributed by atoms with E-state index in [4.69, 9.17) is 4.89 Å². The molecule has 0 bridgehead atoms. The number of rotatable bonds is 3. The van der Waals surface area contributed by atoms with E-state index in [1.54, 1.807) is 12.1 Å². The van der Waals surface area contributed by atoms with Crippen molar-refractivity contribution in [2.24, 2.45) is 0 Å². The number of alkyl halides is 1. The monoisotopic (exact) mass is 280 g/mol. The Morgan fingerprint density at radius 1 is 1.57 bits per heavy atom. The SMILES string of the molecule is CP(=O)(O)Cc1cc(CBr)ccc1F. The van der Waals surface area contributed by atoms with Gasteiger partial charge in [-0.05, 0) is 17.2 Å². The number of hydrogen-bond acceptors (Lipinski definition) is 1. The minimum Gasteiger partial charge on any atom is -0.344 e. The number of hydrogen-bond donors (Lipinski definition) is 1. The maximum atomic E-state index is 13.2. The highest BCUT2D eigenvalue weighted by Crippen LogP contribution is 2.40. The summed E-state index contributed by atoms with van der Waals surface area (Å²) in [6.07, 6.45) is -0.111. The topological polar surface area (TPSA) is 37.3 Å². The maximum Gasteiger partial charge on any atom is 0.202 e. The maximum absolute atomic E-state index is 13.2. The molecule has 1 unspecified atom stereocenters. The summed E-state index contributed by atoms with van der Waals surface area (Å²) < 4.78 is 24.3. The summed E-state index contributed by atoms with van der Waals surface area (Å²) in [5, 5.41) is 0.611. The fourth-order valence-corrected chi connectivity index (χ4v) is 2.37. The van der Waals surface area contributed by atoms with E-state index in [9.17, 15) is 8.96 Å². The zero-order valence-corrected chi connectivity index (χ0v) is 10.2. The first-order chi connectivity index (χ1) is 6.42. The molecule has 1 atom stereocenters. The summed E-state index contributed by atoms with van der Waals surface area (Å²) in [7, 11) is -3.20. The Bertz CT molecular complexity index is 375. The Balaban J connectivity index is 3.01. The molecule has 78 valence electrons. The minimum absolute atomic E-state index is 0.111. The molecular formula is C9H11BrFO2P. The molecule has 0 radical (unpaired) electrons. The second kappa shape index (κ2) is 4.56. The van der Waals surface area contributed by atoms with Gasteiger partial charge in [0.25, 0.3) is 0 Å². The van der Waals surface area contributed by atoms with E-state index < -0.39 is 13.2 Å². The van der Waals surface area contributed by atoms with E-state index in [1.165, 1.54) is 12.7 Å². The van der Waals surface area contributed by atoms with Crippen LogP contribution in [0.15, 0.2) is 18.2 Å². The predicted octanol–water partition coefficient (Wildman–Crippen LogP) is 3.12.